The van der Waals surface area contributed by atoms with Crippen molar-refractivity contribution in [1.82, 2.24) is 4.98 Å². The Labute approximate surface area is 195 Å². The second-order valence-corrected chi connectivity index (χ2v) is 10.1. The van der Waals surface area contributed by atoms with Gasteiger partial charge in [0.05, 0.1) is 17.5 Å². The molecule has 2 N–H and O–H groups in total. The Kier molecular flexibility index (Phi) is 7.58. The highest BCUT2D eigenvalue weighted by Gasteiger charge is 2.21. The zero-order valence-corrected chi connectivity index (χ0v) is 20.0. The molecule has 0 unspecified atom stereocenters. The number of hydrogen-bond acceptors (Lipinski definition) is 3. The van der Waals surface area contributed by atoms with E-state index in [1.54, 1.807) is 20.8 Å². The number of aliphatic carboxylic acids is 1. The highest BCUT2D eigenvalue weighted by molar-refractivity contribution is 6.30. The number of aromatic nitrogens is 1. The van der Waals surface area contributed by atoms with Gasteiger partial charge in [0.1, 0.15) is 0 Å². The second-order valence-electron chi connectivity index (χ2n) is 9.65. The van der Waals surface area contributed by atoms with Crippen LogP contribution in [0.3, 0.4) is 0 Å². The number of benzene rings is 2. The van der Waals surface area contributed by atoms with Crippen LogP contribution in [0.25, 0.3) is 22.0 Å². The van der Waals surface area contributed by atoms with E-state index in [1.165, 1.54) is 19.3 Å². The molecular weight excluding hydrogens is 422 g/mol. The average molecular weight is 454 g/mol. The van der Waals surface area contributed by atoms with Gasteiger partial charge in [0, 0.05) is 16.1 Å². The molecule has 4 rings (SSSR count). The molecule has 0 spiro atoms. The monoisotopic (exact) mass is 453 g/mol. The van der Waals surface area contributed by atoms with Crippen molar-refractivity contribution < 1.29 is 15.0 Å². The molecule has 0 radical (unpaired) electrons. The van der Waals surface area contributed by atoms with Crippen molar-refractivity contribution in [3.8, 4) is 11.1 Å². The van der Waals surface area contributed by atoms with E-state index in [0.29, 0.717) is 5.02 Å². The van der Waals surface area contributed by atoms with Crippen molar-refractivity contribution in [2.75, 3.05) is 0 Å². The molecule has 0 atom stereocenters. The molecule has 170 valence electrons. The molecule has 1 aromatic heterocycles. The molecule has 2 aromatic carbocycles. The third-order valence-electron chi connectivity index (χ3n) is 5.35. The van der Waals surface area contributed by atoms with Crippen LogP contribution in [0.15, 0.2) is 42.5 Å². The summed E-state index contributed by atoms with van der Waals surface area (Å²) < 4.78 is 0. The molecule has 3 aromatic rings. The Balaban J connectivity index is 0.000000523. The summed E-state index contributed by atoms with van der Waals surface area (Å²) in [4.78, 5) is 16.4. The summed E-state index contributed by atoms with van der Waals surface area (Å²) >= 11 is 6.05. The molecule has 1 saturated carbocycles. The predicted octanol–water partition coefficient (Wildman–Crippen LogP) is 6.61. The van der Waals surface area contributed by atoms with Gasteiger partial charge in [-0.25, -0.2) is 0 Å². The summed E-state index contributed by atoms with van der Waals surface area (Å²) in [6.45, 7) is 7.20. The number of carboxylic acid groups (broad SMARTS) is 1. The van der Waals surface area contributed by atoms with Crippen LogP contribution < -0.4 is 0 Å². The zero-order chi connectivity index (χ0) is 23.5. The molecule has 0 saturated heterocycles. The molecule has 1 fully saturated rings. The van der Waals surface area contributed by atoms with E-state index >= 15 is 0 Å². The van der Waals surface area contributed by atoms with Crippen molar-refractivity contribution in [1.29, 1.82) is 0 Å². The smallest absolute Gasteiger partial charge is 0.307 e. The number of aryl methyl sites for hydroxylation is 2. The Bertz CT molecular complexity index is 1090. The summed E-state index contributed by atoms with van der Waals surface area (Å²) in [6.07, 6.45) is 4.91. The molecule has 32 heavy (non-hydrogen) atoms. The number of aliphatic hydroxyl groups is 1. The minimum atomic E-state index is -0.832. The third-order valence-corrected chi connectivity index (χ3v) is 5.60. The highest BCUT2D eigenvalue weighted by atomic mass is 35.5. The first-order valence-electron chi connectivity index (χ1n) is 11.1. The number of halogens is 1. The number of hydrogen-bond donors (Lipinski definition) is 2. The van der Waals surface area contributed by atoms with Crippen molar-refractivity contribution in [2.45, 2.75) is 65.4 Å². The zero-order valence-electron chi connectivity index (χ0n) is 19.3. The molecule has 0 amide bonds. The van der Waals surface area contributed by atoms with E-state index in [-0.39, 0.29) is 6.42 Å². The van der Waals surface area contributed by atoms with Crippen molar-refractivity contribution in [3.63, 3.8) is 0 Å². The summed E-state index contributed by atoms with van der Waals surface area (Å²) in [5.74, 6) is 0.0495. The number of rotatable bonds is 6. The van der Waals surface area contributed by atoms with Gasteiger partial charge in [0.2, 0.25) is 0 Å². The Morgan fingerprint density at radius 2 is 1.75 bits per heavy atom. The van der Waals surface area contributed by atoms with Crippen LogP contribution in [0, 0.1) is 12.8 Å². The first kappa shape index (κ1) is 24.2. The molecule has 0 aliphatic heterocycles. The lowest BCUT2D eigenvalue weighted by molar-refractivity contribution is -0.136. The van der Waals surface area contributed by atoms with E-state index in [1.807, 2.05) is 37.3 Å². The number of carbonyl (C=O) groups is 1. The van der Waals surface area contributed by atoms with Gasteiger partial charge in [-0.2, -0.15) is 0 Å². The quantitative estimate of drug-likeness (QED) is 0.440. The molecule has 0 bridgehead atoms. The van der Waals surface area contributed by atoms with Crippen LogP contribution in [-0.2, 0) is 17.6 Å². The molecule has 1 heterocycles. The summed E-state index contributed by atoms with van der Waals surface area (Å²) in [5.41, 5.74) is 5.26. The Morgan fingerprint density at radius 3 is 2.31 bits per heavy atom. The summed E-state index contributed by atoms with van der Waals surface area (Å²) in [7, 11) is 0. The van der Waals surface area contributed by atoms with Gasteiger partial charge in [-0.15, -0.1) is 0 Å². The van der Waals surface area contributed by atoms with E-state index in [2.05, 4.69) is 12.1 Å². The first-order chi connectivity index (χ1) is 15.0. The molecular formula is C27H32ClNO3. The maximum Gasteiger partial charge on any atom is 0.307 e. The van der Waals surface area contributed by atoms with Crippen molar-refractivity contribution in [2.24, 2.45) is 5.92 Å². The molecule has 4 nitrogen and oxygen atoms in total. The average Bonchev–Trinajstić information content (AvgIpc) is 3.51. The fraction of sp³-hybridized carbons (Fsp3) is 0.407. The van der Waals surface area contributed by atoms with Crippen molar-refractivity contribution in [3.05, 3.63) is 64.3 Å². The molecule has 5 heteroatoms. The molecule has 1 aliphatic carbocycles. The van der Waals surface area contributed by atoms with E-state index in [9.17, 15) is 9.90 Å². The van der Waals surface area contributed by atoms with E-state index in [0.717, 1.165) is 51.2 Å². The lowest BCUT2D eigenvalue weighted by Gasteiger charge is -2.16. The Morgan fingerprint density at radius 1 is 1.12 bits per heavy atom. The third kappa shape index (κ3) is 7.04. The SMILES string of the molecule is CC(C)(C)O.Cc1cc2nc(CCC3CC3)ccc2c(-c2ccc(Cl)cc2)c1CC(=O)O. The molecule has 1 aliphatic rings. The van der Waals surface area contributed by atoms with Crippen LogP contribution in [-0.4, -0.2) is 26.8 Å². The van der Waals surface area contributed by atoms with Crippen molar-refractivity contribution >= 4 is 28.5 Å². The van der Waals surface area contributed by atoms with Gasteiger partial charge in [0.25, 0.3) is 0 Å². The predicted molar refractivity (Wildman–Crippen MR) is 131 cm³/mol. The minimum Gasteiger partial charge on any atom is -0.481 e. The van der Waals surface area contributed by atoms with Crippen LogP contribution in [0.1, 0.15) is 56.9 Å². The van der Waals surface area contributed by atoms with Gasteiger partial charge < -0.3 is 10.2 Å². The largest absolute Gasteiger partial charge is 0.481 e. The van der Waals surface area contributed by atoms with Gasteiger partial charge in [-0.1, -0.05) is 42.6 Å². The highest BCUT2D eigenvalue weighted by Crippen LogP contribution is 2.36. The fourth-order valence-corrected chi connectivity index (χ4v) is 3.84. The lowest BCUT2D eigenvalue weighted by Crippen LogP contribution is -2.10. The van der Waals surface area contributed by atoms with Crippen LogP contribution in [0.5, 0.6) is 0 Å². The Hall–Kier alpha value is -2.43. The van der Waals surface area contributed by atoms with Gasteiger partial charge in [-0.05, 0) is 93.0 Å². The van der Waals surface area contributed by atoms with Crippen LogP contribution in [0.2, 0.25) is 5.02 Å². The van der Waals surface area contributed by atoms with Crippen LogP contribution >= 0.6 is 11.6 Å². The summed E-state index contributed by atoms with van der Waals surface area (Å²) in [5, 5.41) is 19.6. The van der Waals surface area contributed by atoms with Crippen LogP contribution in [0.4, 0.5) is 0 Å². The minimum absolute atomic E-state index is 0.0107. The van der Waals surface area contributed by atoms with E-state index < -0.39 is 11.6 Å². The lowest BCUT2D eigenvalue weighted by atomic mass is 9.90. The van der Waals surface area contributed by atoms with Gasteiger partial charge in [0.15, 0.2) is 0 Å². The number of pyridine rings is 1. The van der Waals surface area contributed by atoms with E-state index in [4.69, 9.17) is 21.7 Å². The number of fused-ring (bicyclic) bond motifs is 1. The standard InChI is InChI=1S/C23H22ClNO2.C4H10O/c1-14-12-21-19(11-10-18(25-21)9-4-15-2-3-15)23(20(14)13-22(26)27)16-5-7-17(24)8-6-16;1-4(2,3)5/h5-8,10-12,15H,2-4,9,13H2,1H3,(H,26,27);5H,1-3H3. The topological polar surface area (TPSA) is 70.4 Å². The normalized spacial score (nSPS) is 13.6. The van der Waals surface area contributed by atoms with Gasteiger partial charge in [-0.3, -0.25) is 9.78 Å². The number of nitrogens with zero attached hydrogens (tertiary/aromatic N) is 1. The fourth-order valence-electron chi connectivity index (χ4n) is 3.71. The first-order valence-corrected chi connectivity index (χ1v) is 11.5. The maximum atomic E-state index is 11.5. The maximum absolute atomic E-state index is 11.5. The van der Waals surface area contributed by atoms with Gasteiger partial charge >= 0.3 is 5.97 Å². The second kappa shape index (κ2) is 10.0. The summed E-state index contributed by atoms with van der Waals surface area (Å²) in [6, 6.07) is 13.8. The number of carboxylic acids is 1.